The smallest absolute Gasteiger partial charge is 0.416 e. The Balaban J connectivity index is 2.68. The third kappa shape index (κ3) is 3.60. The van der Waals surface area contributed by atoms with E-state index in [0.717, 1.165) is 12.0 Å². The highest BCUT2D eigenvalue weighted by Gasteiger charge is 2.40. The Kier molecular flexibility index (Phi) is 4.82. The number of aliphatic hydroxyl groups is 1. The van der Waals surface area contributed by atoms with Crippen LogP contribution in [-0.2, 0) is 17.9 Å². The maximum absolute atomic E-state index is 13.7. The van der Waals surface area contributed by atoms with Gasteiger partial charge in [-0.05, 0) is 33.8 Å². The summed E-state index contributed by atoms with van der Waals surface area (Å²) in [5.41, 5.74) is -4.81. The Morgan fingerprint density at radius 3 is 2.20 bits per heavy atom. The molecule has 0 saturated carbocycles. The van der Waals surface area contributed by atoms with Gasteiger partial charge in [-0.25, -0.2) is 0 Å². The quantitative estimate of drug-likeness (QED) is 0.858. The largest absolute Gasteiger partial charge is 0.426 e. The molecule has 0 aliphatic rings. The summed E-state index contributed by atoms with van der Waals surface area (Å²) in [4.78, 5) is 12.5. The molecule has 135 valence electrons. The lowest BCUT2D eigenvalue weighted by Crippen LogP contribution is -2.52. The summed E-state index contributed by atoms with van der Waals surface area (Å²) in [6, 6.07) is 5.82. The zero-order valence-corrected chi connectivity index (χ0v) is 14.7. The molecule has 1 N–H and O–H groups in total. The maximum Gasteiger partial charge on any atom is 0.416 e. The minimum absolute atomic E-state index is 0.0898. The van der Waals surface area contributed by atoms with Crippen molar-refractivity contribution in [3.8, 4) is 0 Å². The summed E-state index contributed by atoms with van der Waals surface area (Å²) in [6.45, 7) is 6.01. The van der Waals surface area contributed by atoms with Crippen LogP contribution in [0.4, 0.5) is 13.2 Å². The van der Waals surface area contributed by atoms with Crippen LogP contribution in [-0.4, -0.2) is 28.4 Å². The van der Waals surface area contributed by atoms with Gasteiger partial charge in [-0.15, -0.1) is 0 Å². The van der Waals surface area contributed by atoms with Crippen LogP contribution >= 0.6 is 0 Å². The number of pyridine rings is 1. The van der Waals surface area contributed by atoms with Crippen molar-refractivity contribution in [1.82, 2.24) is 4.57 Å². The number of nitrogens with zero attached hydrogens (tertiary/aromatic N) is 1. The van der Waals surface area contributed by atoms with Gasteiger partial charge in [0, 0.05) is 17.9 Å². The van der Waals surface area contributed by atoms with Crippen molar-refractivity contribution < 1.29 is 22.9 Å². The second kappa shape index (κ2) is 6.18. The van der Waals surface area contributed by atoms with Crippen LogP contribution in [0.25, 0.3) is 10.9 Å². The second-order valence-corrected chi connectivity index (χ2v) is 6.97. The number of benzene rings is 1. The molecule has 0 saturated heterocycles. The van der Waals surface area contributed by atoms with E-state index in [1.165, 1.54) is 52.9 Å². The zero-order valence-electron chi connectivity index (χ0n) is 14.7. The number of aryl methyl sites for hydroxylation is 1. The lowest BCUT2D eigenvalue weighted by atomic mass is 9.79. The Hall–Kier alpha value is -1.80. The minimum atomic E-state index is -4.74. The van der Waals surface area contributed by atoms with E-state index in [2.05, 4.69) is 0 Å². The van der Waals surface area contributed by atoms with E-state index in [-0.39, 0.29) is 10.9 Å². The molecule has 0 fully saturated rings. The fraction of sp³-hybridized carbons (Fsp3) is 0.471. The summed E-state index contributed by atoms with van der Waals surface area (Å²) in [7, 11) is 2.21. The molecule has 4 nitrogen and oxygen atoms in total. The third-order valence-corrected chi connectivity index (χ3v) is 4.57. The second-order valence-electron chi connectivity index (χ2n) is 6.97. The standard InChI is InChI=1S/C17H20BF3NO3/c1-15(2,24)16(3,4)25-18-13-12(17(19,20)21)10-8-6-7-9-11(10)22(5)14(13)23/h6-9,24H,1-5H3. The molecule has 1 heterocycles. The Labute approximate surface area is 144 Å². The van der Waals surface area contributed by atoms with Gasteiger partial charge in [0.05, 0.1) is 22.3 Å². The first-order valence-electron chi connectivity index (χ1n) is 7.69. The lowest BCUT2D eigenvalue weighted by molar-refractivity contribution is -0.135. The average Bonchev–Trinajstić information content (AvgIpc) is 2.47. The fourth-order valence-corrected chi connectivity index (χ4v) is 2.28. The number of halogens is 3. The van der Waals surface area contributed by atoms with Crippen LogP contribution in [0.3, 0.4) is 0 Å². The van der Waals surface area contributed by atoms with Crippen LogP contribution in [0.2, 0.25) is 0 Å². The Bertz CT molecular complexity index is 851. The zero-order chi connectivity index (χ0) is 19.2. The molecule has 25 heavy (non-hydrogen) atoms. The molecule has 0 bridgehead atoms. The van der Waals surface area contributed by atoms with Crippen molar-refractivity contribution in [2.24, 2.45) is 7.05 Å². The Morgan fingerprint density at radius 1 is 1.12 bits per heavy atom. The highest BCUT2D eigenvalue weighted by molar-refractivity contribution is 6.48. The van der Waals surface area contributed by atoms with Gasteiger partial charge in [0.15, 0.2) is 0 Å². The highest BCUT2D eigenvalue weighted by atomic mass is 19.4. The molecule has 0 aliphatic carbocycles. The number of alkyl halides is 3. The molecule has 2 aromatic rings. The molecule has 8 heteroatoms. The number of hydrogen-bond acceptors (Lipinski definition) is 3. The van der Waals surface area contributed by atoms with Gasteiger partial charge in [0.25, 0.3) is 0 Å². The van der Waals surface area contributed by atoms with Crippen molar-refractivity contribution >= 4 is 23.8 Å². The third-order valence-electron chi connectivity index (χ3n) is 4.57. The normalized spacial score (nSPS) is 13.3. The van der Waals surface area contributed by atoms with Gasteiger partial charge >= 0.3 is 13.7 Å². The van der Waals surface area contributed by atoms with Crippen molar-refractivity contribution in [2.75, 3.05) is 0 Å². The molecule has 0 spiro atoms. The topological polar surface area (TPSA) is 51.5 Å². The van der Waals surface area contributed by atoms with Gasteiger partial charge in [0.2, 0.25) is 5.56 Å². The first-order chi connectivity index (χ1) is 11.3. The van der Waals surface area contributed by atoms with Crippen LogP contribution < -0.4 is 11.0 Å². The number of aromatic nitrogens is 1. The minimum Gasteiger partial charge on any atom is -0.426 e. The van der Waals surface area contributed by atoms with Crippen LogP contribution in [0.15, 0.2) is 29.1 Å². The average molecular weight is 354 g/mol. The number of para-hydroxylation sites is 1. The maximum atomic E-state index is 13.7. The monoisotopic (exact) mass is 354 g/mol. The predicted molar refractivity (Wildman–Crippen MR) is 91.0 cm³/mol. The molecule has 0 atom stereocenters. The van der Waals surface area contributed by atoms with Crippen molar-refractivity contribution in [3.63, 3.8) is 0 Å². The first-order valence-corrected chi connectivity index (χ1v) is 7.69. The molecular formula is C17H20BF3NO3. The summed E-state index contributed by atoms with van der Waals surface area (Å²) in [6.07, 6.45) is -4.74. The molecule has 2 rings (SSSR count). The van der Waals surface area contributed by atoms with Gasteiger partial charge < -0.3 is 14.3 Å². The molecular weight excluding hydrogens is 334 g/mol. The van der Waals surface area contributed by atoms with E-state index in [1.54, 1.807) is 6.07 Å². The van der Waals surface area contributed by atoms with E-state index in [4.69, 9.17) is 4.65 Å². The highest BCUT2D eigenvalue weighted by Crippen LogP contribution is 2.33. The molecule has 1 aromatic heterocycles. The molecule has 0 aliphatic heterocycles. The lowest BCUT2D eigenvalue weighted by Gasteiger charge is -2.37. The van der Waals surface area contributed by atoms with Crippen molar-refractivity contribution in [3.05, 3.63) is 40.2 Å². The first kappa shape index (κ1) is 19.5. The molecule has 0 amide bonds. The molecule has 0 unspecified atom stereocenters. The fourth-order valence-electron chi connectivity index (χ4n) is 2.28. The summed E-state index contributed by atoms with van der Waals surface area (Å²) in [5, 5.41) is 10.0. The van der Waals surface area contributed by atoms with Crippen molar-refractivity contribution in [2.45, 2.75) is 45.1 Å². The summed E-state index contributed by atoms with van der Waals surface area (Å²) < 4.78 is 47.6. The number of rotatable bonds is 4. The van der Waals surface area contributed by atoms with Gasteiger partial charge in [0.1, 0.15) is 0 Å². The van der Waals surface area contributed by atoms with Crippen molar-refractivity contribution in [1.29, 1.82) is 0 Å². The van der Waals surface area contributed by atoms with Gasteiger partial charge in [-0.2, -0.15) is 13.2 Å². The number of hydrogen-bond donors (Lipinski definition) is 1. The van der Waals surface area contributed by atoms with E-state index in [9.17, 15) is 23.1 Å². The number of fused-ring (bicyclic) bond motifs is 1. The van der Waals surface area contributed by atoms with Crippen LogP contribution in [0.1, 0.15) is 33.3 Å². The predicted octanol–water partition coefficient (Wildman–Crippen LogP) is 2.37. The molecule has 1 aromatic carbocycles. The van der Waals surface area contributed by atoms with Crippen LogP contribution in [0, 0.1) is 0 Å². The SMILES string of the molecule is Cn1c(=O)c([B]OC(C)(C)C(C)(C)O)c(C(F)(F)F)c2ccccc21. The van der Waals surface area contributed by atoms with E-state index in [0.29, 0.717) is 0 Å². The van der Waals surface area contributed by atoms with Gasteiger partial charge in [-0.1, -0.05) is 18.2 Å². The van der Waals surface area contributed by atoms with Gasteiger partial charge in [-0.3, -0.25) is 4.79 Å². The van der Waals surface area contributed by atoms with E-state index < -0.39 is 34.0 Å². The Morgan fingerprint density at radius 2 is 1.68 bits per heavy atom. The molecule has 1 radical (unpaired) electrons. The summed E-state index contributed by atoms with van der Waals surface area (Å²) >= 11 is 0. The van der Waals surface area contributed by atoms with Crippen LogP contribution in [0.5, 0.6) is 0 Å². The summed E-state index contributed by atoms with van der Waals surface area (Å²) in [5.74, 6) is 0. The van der Waals surface area contributed by atoms with E-state index in [1.807, 2.05) is 0 Å². The van der Waals surface area contributed by atoms with E-state index >= 15 is 0 Å².